The van der Waals surface area contributed by atoms with Gasteiger partial charge in [-0.1, -0.05) is 75.0 Å². The molecule has 2 aromatic rings. The van der Waals surface area contributed by atoms with E-state index in [1.165, 1.54) is 44.1 Å². The maximum atomic E-state index is 5.82. The van der Waals surface area contributed by atoms with E-state index in [2.05, 4.69) is 50.0 Å². The molecule has 0 aliphatic carbocycles. The highest BCUT2D eigenvalue weighted by molar-refractivity contribution is 5.44. The third-order valence-electron chi connectivity index (χ3n) is 4.27. The van der Waals surface area contributed by atoms with Gasteiger partial charge in [-0.25, -0.2) is 0 Å². The first-order valence-corrected chi connectivity index (χ1v) is 9.59. The zero-order valence-electron chi connectivity index (χ0n) is 15.7. The van der Waals surface area contributed by atoms with E-state index in [1.54, 1.807) is 0 Å². The number of hydrogen-bond acceptors (Lipinski definition) is 1. The van der Waals surface area contributed by atoms with Crippen molar-refractivity contribution in [2.24, 2.45) is 0 Å². The molecule has 0 amide bonds. The van der Waals surface area contributed by atoms with Crippen LogP contribution in [-0.4, -0.2) is 6.61 Å². The molecule has 1 nitrogen and oxygen atoms in total. The Morgan fingerprint density at radius 3 is 1.80 bits per heavy atom. The zero-order valence-corrected chi connectivity index (χ0v) is 15.7. The first-order chi connectivity index (χ1) is 12.3. The zero-order chi connectivity index (χ0) is 17.7. The Morgan fingerprint density at radius 2 is 1.20 bits per heavy atom. The van der Waals surface area contributed by atoms with Crippen LogP contribution in [0.1, 0.15) is 68.6 Å². The summed E-state index contributed by atoms with van der Waals surface area (Å²) in [7, 11) is 0. The molecular weight excluding hydrogens is 304 g/mol. The van der Waals surface area contributed by atoms with Gasteiger partial charge in [-0.05, 0) is 49.7 Å². The second-order valence-electron chi connectivity index (χ2n) is 6.61. The van der Waals surface area contributed by atoms with Crippen LogP contribution in [0.2, 0.25) is 0 Å². The average molecular weight is 335 g/mol. The number of hydrogen-bond donors (Lipinski definition) is 0. The molecule has 0 heterocycles. The summed E-state index contributed by atoms with van der Waals surface area (Å²) in [6.45, 7) is 5.15. The minimum absolute atomic E-state index is 0.808. The van der Waals surface area contributed by atoms with Crippen molar-refractivity contribution in [3.05, 3.63) is 65.2 Å². The van der Waals surface area contributed by atoms with Gasteiger partial charge in [0.1, 0.15) is 5.75 Å². The Hall–Kier alpha value is -2.20. The van der Waals surface area contributed by atoms with E-state index in [9.17, 15) is 0 Å². The fourth-order valence-corrected chi connectivity index (χ4v) is 2.66. The third-order valence-corrected chi connectivity index (χ3v) is 4.27. The van der Waals surface area contributed by atoms with E-state index < -0.39 is 0 Å². The lowest BCUT2D eigenvalue weighted by Crippen LogP contribution is -1.97. The molecule has 0 N–H and O–H groups in total. The summed E-state index contributed by atoms with van der Waals surface area (Å²) in [4.78, 5) is 0. The fraction of sp³-hybridized carbons (Fsp3) is 0.417. The van der Waals surface area contributed by atoms with Crippen LogP contribution in [0.4, 0.5) is 0 Å². The third kappa shape index (κ3) is 7.94. The molecule has 0 atom stereocenters. The van der Waals surface area contributed by atoms with Crippen molar-refractivity contribution in [1.29, 1.82) is 0 Å². The minimum Gasteiger partial charge on any atom is -0.494 e. The Balaban J connectivity index is 1.69. The molecule has 0 bridgehead atoms. The van der Waals surface area contributed by atoms with Gasteiger partial charge in [0.15, 0.2) is 0 Å². The molecule has 2 aromatic carbocycles. The summed E-state index contributed by atoms with van der Waals surface area (Å²) in [5.41, 5.74) is 3.32. The summed E-state index contributed by atoms with van der Waals surface area (Å²) >= 11 is 0. The molecule has 0 radical (unpaired) electrons. The van der Waals surface area contributed by atoms with Crippen molar-refractivity contribution in [1.82, 2.24) is 0 Å². The lowest BCUT2D eigenvalue weighted by Gasteiger charge is -2.06. The number of rotatable bonds is 9. The smallest absolute Gasteiger partial charge is 0.119 e. The van der Waals surface area contributed by atoms with Crippen molar-refractivity contribution in [2.75, 3.05) is 6.61 Å². The van der Waals surface area contributed by atoms with Crippen LogP contribution >= 0.6 is 0 Å². The second-order valence-corrected chi connectivity index (χ2v) is 6.61. The van der Waals surface area contributed by atoms with Crippen LogP contribution in [0.25, 0.3) is 0 Å². The van der Waals surface area contributed by atoms with Gasteiger partial charge in [0.2, 0.25) is 0 Å². The first-order valence-electron chi connectivity index (χ1n) is 9.59. The monoisotopic (exact) mass is 334 g/mol. The van der Waals surface area contributed by atoms with Crippen molar-refractivity contribution < 1.29 is 4.74 Å². The van der Waals surface area contributed by atoms with Crippen molar-refractivity contribution in [3.63, 3.8) is 0 Å². The van der Waals surface area contributed by atoms with E-state index in [0.717, 1.165) is 29.9 Å². The van der Waals surface area contributed by atoms with Crippen LogP contribution in [0.3, 0.4) is 0 Å². The molecule has 0 spiro atoms. The predicted molar refractivity (Wildman–Crippen MR) is 107 cm³/mol. The van der Waals surface area contributed by atoms with Crippen LogP contribution in [-0.2, 0) is 0 Å². The van der Waals surface area contributed by atoms with Gasteiger partial charge in [-0.15, -0.1) is 0 Å². The molecule has 0 unspecified atom stereocenters. The molecule has 25 heavy (non-hydrogen) atoms. The molecule has 2 rings (SSSR count). The molecule has 0 aliphatic heterocycles. The molecule has 0 saturated carbocycles. The maximum Gasteiger partial charge on any atom is 0.119 e. The SMILES string of the molecule is CCCCCCCCCOc1ccc(C#Cc2ccc(C)cc2)cc1. The molecule has 0 aromatic heterocycles. The van der Waals surface area contributed by atoms with Gasteiger partial charge < -0.3 is 4.74 Å². The van der Waals surface area contributed by atoms with Gasteiger partial charge in [-0.2, -0.15) is 0 Å². The lowest BCUT2D eigenvalue weighted by molar-refractivity contribution is 0.304. The van der Waals surface area contributed by atoms with Gasteiger partial charge in [-0.3, -0.25) is 0 Å². The Morgan fingerprint density at radius 1 is 0.680 bits per heavy atom. The van der Waals surface area contributed by atoms with Crippen LogP contribution < -0.4 is 4.74 Å². The molecule has 1 heteroatoms. The molecule has 132 valence electrons. The molecule has 0 saturated heterocycles. The first kappa shape index (κ1) is 19.1. The second kappa shape index (κ2) is 11.4. The Bertz CT molecular complexity index is 656. The summed E-state index contributed by atoms with van der Waals surface area (Å²) in [6.07, 6.45) is 9.16. The maximum absolute atomic E-state index is 5.82. The Labute approximate surface area is 153 Å². The van der Waals surface area contributed by atoms with E-state index in [0.29, 0.717) is 0 Å². The highest BCUT2D eigenvalue weighted by atomic mass is 16.5. The largest absolute Gasteiger partial charge is 0.494 e. The van der Waals surface area contributed by atoms with Crippen LogP contribution in [0.5, 0.6) is 5.75 Å². The lowest BCUT2D eigenvalue weighted by atomic mass is 10.1. The van der Waals surface area contributed by atoms with E-state index in [1.807, 2.05) is 24.3 Å². The fourth-order valence-electron chi connectivity index (χ4n) is 2.66. The van der Waals surface area contributed by atoms with Crippen LogP contribution in [0.15, 0.2) is 48.5 Å². The molecular formula is C24H30O. The van der Waals surface area contributed by atoms with Crippen molar-refractivity contribution in [2.45, 2.75) is 58.8 Å². The highest BCUT2D eigenvalue weighted by Crippen LogP contribution is 2.13. The van der Waals surface area contributed by atoms with Crippen molar-refractivity contribution in [3.8, 4) is 17.6 Å². The number of unbranched alkanes of at least 4 members (excludes halogenated alkanes) is 6. The highest BCUT2D eigenvalue weighted by Gasteiger charge is 1.95. The number of ether oxygens (including phenoxy) is 1. The minimum atomic E-state index is 0.808. The van der Waals surface area contributed by atoms with Gasteiger partial charge in [0.05, 0.1) is 6.61 Å². The van der Waals surface area contributed by atoms with E-state index in [-0.39, 0.29) is 0 Å². The summed E-state index contributed by atoms with van der Waals surface area (Å²) in [6, 6.07) is 16.4. The van der Waals surface area contributed by atoms with Gasteiger partial charge in [0.25, 0.3) is 0 Å². The van der Waals surface area contributed by atoms with Gasteiger partial charge in [0, 0.05) is 11.1 Å². The summed E-state index contributed by atoms with van der Waals surface area (Å²) in [5.74, 6) is 7.34. The normalized spacial score (nSPS) is 10.2. The Kier molecular flexibility index (Phi) is 8.70. The molecule has 0 aliphatic rings. The average Bonchev–Trinajstić information content (AvgIpc) is 2.64. The topological polar surface area (TPSA) is 9.23 Å². The van der Waals surface area contributed by atoms with Crippen molar-refractivity contribution >= 4 is 0 Å². The predicted octanol–water partition coefficient (Wildman–Crippen LogP) is 6.52. The number of benzene rings is 2. The van der Waals surface area contributed by atoms with Crippen LogP contribution in [0, 0.1) is 18.8 Å². The quantitative estimate of drug-likeness (QED) is 0.374. The van der Waals surface area contributed by atoms with E-state index in [4.69, 9.17) is 4.74 Å². The van der Waals surface area contributed by atoms with Gasteiger partial charge >= 0.3 is 0 Å². The standard InChI is InChI=1S/C24H30O/c1-3-4-5-6-7-8-9-20-25-24-18-16-23(17-19-24)15-14-22-12-10-21(2)11-13-22/h10-13,16-19H,3-9,20H2,1-2H3. The summed E-state index contributed by atoms with van der Waals surface area (Å²) in [5, 5.41) is 0. The van der Waals surface area contributed by atoms with E-state index >= 15 is 0 Å². The number of aryl methyl sites for hydroxylation is 1. The summed E-state index contributed by atoms with van der Waals surface area (Å²) < 4.78 is 5.82. The molecule has 0 fully saturated rings.